The third-order valence-electron chi connectivity index (χ3n) is 5.06. The zero-order valence-corrected chi connectivity index (χ0v) is 13.6. The van der Waals surface area contributed by atoms with Gasteiger partial charge in [-0.15, -0.1) is 0 Å². The number of hydrogen-bond acceptors (Lipinski definition) is 6. The number of nitrogens with two attached hydrogens (primary N) is 1. The van der Waals surface area contributed by atoms with Crippen molar-refractivity contribution in [2.75, 3.05) is 35.2 Å². The quantitative estimate of drug-likeness (QED) is 0.876. The molecule has 0 aliphatic carbocycles. The Balaban J connectivity index is 1.79. The van der Waals surface area contributed by atoms with E-state index in [0.29, 0.717) is 37.7 Å². The van der Waals surface area contributed by atoms with Crippen LogP contribution in [0.4, 0.5) is 17.3 Å². The van der Waals surface area contributed by atoms with Crippen molar-refractivity contribution in [2.45, 2.75) is 45.1 Å². The van der Waals surface area contributed by atoms with Crippen LogP contribution in [0.25, 0.3) is 0 Å². The number of piperidine rings is 2. The number of rotatable bonds is 3. The standard InChI is InChI=1S/C16H25N5O2/c1-11-4-2-3-7-21(11)15-13(17)14(18-10-19-15)20-8-5-12(6-9-20)16(22)23/h10-12H,2-9,17H2,1H3,(H,22,23). The van der Waals surface area contributed by atoms with Crippen LogP contribution in [-0.2, 0) is 4.79 Å². The molecule has 0 bridgehead atoms. The van der Waals surface area contributed by atoms with E-state index in [1.807, 2.05) is 0 Å². The van der Waals surface area contributed by atoms with Crippen LogP contribution >= 0.6 is 0 Å². The molecule has 2 fully saturated rings. The molecule has 7 heteroatoms. The number of carboxylic acids is 1. The third-order valence-corrected chi connectivity index (χ3v) is 5.06. The maximum atomic E-state index is 11.1. The second-order valence-corrected chi connectivity index (χ2v) is 6.57. The van der Waals surface area contributed by atoms with Crippen LogP contribution in [0.1, 0.15) is 39.0 Å². The number of carboxylic acid groups (broad SMARTS) is 1. The number of aliphatic carboxylic acids is 1. The highest BCUT2D eigenvalue weighted by Crippen LogP contribution is 2.34. The van der Waals surface area contributed by atoms with E-state index in [2.05, 4.69) is 26.7 Å². The summed E-state index contributed by atoms with van der Waals surface area (Å²) in [5.41, 5.74) is 7.00. The molecule has 0 radical (unpaired) electrons. The van der Waals surface area contributed by atoms with E-state index in [0.717, 1.165) is 31.0 Å². The van der Waals surface area contributed by atoms with Crippen molar-refractivity contribution >= 4 is 23.3 Å². The van der Waals surface area contributed by atoms with Crippen LogP contribution in [-0.4, -0.2) is 46.7 Å². The highest BCUT2D eigenvalue weighted by molar-refractivity contribution is 5.76. The predicted octanol–water partition coefficient (Wildman–Crippen LogP) is 1.74. The van der Waals surface area contributed by atoms with E-state index in [1.54, 1.807) is 6.33 Å². The Morgan fingerprint density at radius 1 is 1.17 bits per heavy atom. The second-order valence-electron chi connectivity index (χ2n) is 6.57. The Hall–Kier alpha value is -2.05. The SMILES string of the molecule is CC1CCCCN1c1ncnc(N2CCC(C(=O)O)CC2)c1N. The lowest BCUT2D eigenvalue weighted by atomic mass is 9.97. The van der Waals surface area contributed by atoms with Gasteiger partial charge < -0.3 is 20.6 Å². The van der Waals surface area contributed by atoms with Crippen LogP contribution in [0.3, 0.4) is 0 Å². The summed E-state index contributed by atoms with van der Waals surface area (Å²) in [6, 6.07) is 0.437. The van der Waals surface area contributed by atoms with Crippen molar-refractivity contribution in [2.24, 2.45) is 5.92 Å². The van der Waals surface area contributed by atoms with E-state index >= 15 is 0 Å². The summed E-state index contributed by atoms with van der Waals surface area (Å²) in [5.74, 6) is 0.609. The molecule has 1 aromatic heterocycles. The minimum absolute atomic E-state index is 0.254. The number of carbonyl (C=O) groups is 1. The van der Waals surface area contributed by atoms with Crippen LogP contribution in [0.5, 0.6) is 0 Å². The number of hydrogen-bond donors (Lipinski definition) is 2. The first kappa shape index (κ1) is 15.8. The Morgan fingerprint density at radius 3 is 2.52 bits per heavy atom. The van der Waals surface area contributed by atoms with E-state index in [4.69, 9.17) is 10.8 Å². The molecule has 1 atom stereocenters. The van der Waals surface area contributed by atoms with Gasteiger partial charge in [0.2, 0.25) is 0 Å². The molecule has 2 saturated heterocycles. The highest BCUT2D eigenvalue weighted by atomic mass is 16.4. The van der Waals surface area contributed by atoms with Gasteiger partial charge in [0.25, 0.3) is 0 Å². The zero-order valence-electron chi connectivity index (χ0n) is 13.6. The molecule has 0 spiro atoms. The van der Waals surface area contributed by atoms with Crippen molar-refractivity contribution < 1.29 is 9.90 Å². The molecule has 2 aliphatic rings. The summed E-state index contributed by atoms with van der Waals surface area (Å²) < 4.78 is 0. The van der Waals surface area contributed by atoms with Gasteiger partial charge in [-0.25, -0.2) is 9.97 Å². The van der Waals surface area contributed by atoms with Gasteiger partial charge >= 0.3 is 5.97 Å². The number of nitrogens with zero attached hydrogens (tertiary/aromatic N) is 4. The molecule has 0 saturated carbocycles. The Kier molecular flexibility index (Phi) is 4.54. The summed E-state index contributed by atoms with van der Waals surface area (Å²) >= 11 is 0. The largest absolute Gasteiger partial charge is 0.481 e. The molecular formula is C16H25N5O2. The predicted molar refractivity (Wildman–Crippen MR) is 89.7 cm³/mol. The molecule has 1 aromatic rings. The molecule has 3 rings (SSSR count). The van der Waals surface area contributed by atoms with Gasteiger partial charge in [0.1, 0.15) is 12.0 Å². The highest BCUT2D eigenvalue weighted by Gasteiger charge is 2.28. The summed E-state index contributed by atoms with van der Waals surface area (Å²) in [7, 11) is 0. The number of aromatic nitrogens is 2. The Bertz CT molecular complexity index is 572. The molecule has 1 unspecified atom stereocenters. The van der Waals surface area contributed by atoms with Gasteiger partial charge in [0.15, 0.2) is 11.6 Å². The van der Waals surface area contributed by atoms with Crippen LogP contribution < -0.4 is 15.5 Å². The maximum absolute atomic E-state index is 11.1. The smallest absolute Gasteiger partial charge is 0.306 e. The molecule has 2 aliphatic heterocycles. The number of anilines is 3. The monoisotopic (exact) mass is 319 g/mol. The lowest BCUT2D eigenvalue weighted by molar-refractivity contribution is -0.142. The van der Waals surface area contributed by atoms with E-state index in [9.17, 15) is 4.79 Å². The van der Waals surface area contributed by atoms with Crippen molar-refractivity contribution in [3.05, 3.63) is 6.33 Å². The lowest BCUT2D eigenvalue weighted by Crippen LogP contribution is -2.40. The topological polar surface area (TPSA) is 95.6 Å². The van der Waals surface area contributed by atoms with E-state index in [1.165, 1.54) is 6.42 Å². The molecule has 0 aromatic carbocycles. The molecular weight excluding hydrogens is 294 g/mol. The Morgan fingerprint density at radius 2 is 1.87 bits per heavy atom. The normalized spacial score (nSPS) is 23.1. The lowest BCUT2D eigenvalue weighted by Gasteiger charge is -2.36. The van der Waals surface area contributed by atoms with Crippen LogP contribution in [0.2, 0.25) is 0 Å². The van der Waals surface area contributed by atoms with E-state index in [-0.39, 0.29) is 5.92 Å². The molecule has 23 heavy (non-hydrogen) atoms. The fraction of sp³-hybridized carbons (Fsp3) is 0.688. The third kappa shape index (κ3) is 3.18. The summed E-state index contributed by atoms with van der Waals surface area (Å²) in [5, 5.41) is 9.12. The minimum Gasteiger partial charge on any atom is -0.481 e. The minimum atomic E-state index is -0.705. The maximum Gasteiger partial charge on any atom is 0.306 e. The first-order chi connectivity index (χ1) is 11.1. The van der Waals surface area contributed by atoms with Crippen molar-refractivity contribution in [1.82, 2.24) is 9.97 Å². The van der Waals surface area contributed by atoms with Crippen molar-refractivity contribution in [3.63, 3.8) is 0 Å². The molecule has 7 nitrogen and oxygen atoms in total. The molecule has 3 heterocycles. The van der Waals surface area contributed by atoms with Crippen LogP contribution in [0.15, 0.2) is 6.33 Å². The number of nitrogen functional groups attached to an aromatic ring is 1. The van der Waals surface area contributed by atoms with Gasteiger partial charge in [-0.2, -0.15) is 0 Å². The first-order valence-corrected chi connectivity index (χ1v) is 8.42. The van der Waals surface area contributed by atoms with Crippen molar-refractivity contribution in [3.8, 4) is 0 Å². The summed E-state index contributed by atoms with van der Waals surface area (Å²) in [4.78, 5) is 24.2. The summed E-state index contributed by atoms with van der Waals surface area (Å²) in [6.45, 7) is 4.53. The van der Waals surface area contributed by atoms with Gasteiger partial charge in [0, 0.05) is 25.7 Å². The van der Waals surface area contributed by atoms with Gasteiger partial charge in [-0.05, 0) is 39.0 Å². The summed E-state index contributed by atoms with van der Waals surface area (Å²) in [6.07, 6.45) is 6.40. The average molecular weight is 319 g/mol. The second kappa shape index (κ2) is 6.60. The Labute approximate surface area is 136 Å². The first-order valence-electron chi connectivity index (χ1n) is 8.42. The molecule has 3 N–H and O–H groups in total. The van der Waals surface area contributed by atoms with Gasteiger partial charge in [-0.1, -0.05) is 0 Å². The fourth-order valence-electron chi connectivity index (χ4n) is 3.61. The molecule has 0 amide bonds. The fourth-order valence-corrected chi connectivity index (χ4v) is 3.61. The molecule has 126 valence electrons. The van der Waals surface area contributed by atoms with Crippen molar-refractivity contribution in [1.29, 1.82) is 0 Å². The zero-order chi connectivity index (χ0) is 16.4. The van der Waals surface area contributed by atoms with E-state index < -0.39 is 5.97 Å². The average Bonchev–Trinajstić information content (AvgIpc) is 2.56. The van der Waals surface area contributed by atoms with Gasteiger partial charge in [0.05, 0.1) is 5.92 Å². The van der Waals surface area contributed by atoms with Crippen LogP contribution in [0, 0.1) is 5.92 Å². The van der Waals surface area contributed by atoms with Gasteiger partial charge in [-0.3, -0.25) is 4.79 Å².